The number of aromatic nitrogens is 2. The molecule has 0 unspecified atom stereocenters. The second-order valence-corrected chi connectivity index (χ2v) is 7.47. The molecule has 2 aromatic heterocycles. The fraction of sp³-hybridized carbons (Fsp3) is 0.316. The lowest BCUT2D eigenvalue weighted by atomic mass is 10.1. The summed E-state index contributed by atoms with van der Waals surface area (Å²) in [4.78, 5) is 23.2. The molecular weight excluding hydrogens is 356 g/mol. The van der Waals surface area contributed by atoms with Crippen molar-refractivity contribution in [2.45, 2.75) is 32.2 Å². The summed E-state index contributed by atoms with van der Waals surface area (Å²) in [6.45, 7) is 0.264. The number of pyridine rings is 1. The summed E-state index contributed by atoms with van der Waals surface area (Å²) >= 11 is 1.13. The predicted molar refractivity (Wildman–Crippen MR) is 96.9 cm³/mol. The van der Waals surface area contributed by atoms with Crippen molar-refractivity contribution >= 4 is 32.6 Å². The summed E-state index contributed by atoms with van der Waals surface area (Å²) in [5, 5.41) is 0.382. The van der Waals surface area contributed by atoms with Crippen molar-refractivity contribution in [3.63, 3.8) is 0 Å². The lowest BCUT2D eigenvalue weighted by molar-refractivity contribution is -0.122. The van der Waals surface area contributed by atoms with Crippen LogP contribution in [0.1, 0.15) is 31.4 Å². The van der Waals surface area contributed by atoms with Crippen molar-refractivity contribution in [1.82, 2.24) is 9.97 Å². The van der Waals surface area contributed by atoms with Crippen LogP contribution in [0.4, 0.5) is 13.9 Å². The number of fused-ring (bicyclic) bond motifs is 1. The van der Waals surface area contributed by atoms with Crippen LogP contribution >= 0.6 is 11.3 Å². The van der Waals surface area contributed by atoms with E-state index in [1.165, 1.54) is 6.07 Å². The van der Waals surface area contributed by atoms with Crippen molar-refractivity contribution < 1.29 is 13.6 Å². The van der Waals surface area contributed by atoms with Crippen molar-refractivity contribution in [2.75, 3.05) is 4.90 Å². The first-order chi connectivity index (χ1) is 12.6. The summed E-state index contributed by atoms with van der Waals surface area (Å²) in [5.41, 5.74) is 0.821. The van der Waals surface area contributed by atoms with E-state index in [2.05, 4.69) is 9.97 Å². The lowest BCUT2D eigenvalue weighted by Gasteiger charge is -2.22. The molecule has 7 heteroatoms. The van der Waals surface area contributed by atoms with Crippen LogP contribution in [-0.4, -0.2) is 15.9 Å². The molecule has 1 saturated carbocycles. The van der Waals surface area contributed by atoms with E-state index in [4.69, 9.17) is 0 Å². The number of carbonyl (C=O) groups is 1. The SMILES string of the molecule is O=C(C1CCCC1)N(Cc1ccccn1)c1nc2c(F)cc(F)cc2s1. The molecule has 2 heterocycles. The van der Waals surface area contributed by atoms with Gasteiger partial charge in [-0.2, -0.15) is 0 Å². The predicted octanol–water partition coefficient (Wildman–Crippen LogP) is 4.69. The second kappa shape index (κ2) is 7.07. The zero-order valence-electron chi connectivity index (χ0n) is 14.0. The molecule has 1 amide bonds. The molecule has 0 aliphatic heterocycles. The molecule has 134 valence electrons. The fourth-order valence-corrected chi connectivity index (χ4v) is 4.36. The number of hydrogen-bond donors (Lipinski definition) is 0. The third-order valence-corrected chi connectivity index (χ3v) is 5.67. The molecule has 1 fully saturated rings. The molecule has 4 nitrogen and oxygen atoms in total. The summed E-state index contributed by atoms with van der Waals surface area (Å²) < 4.78 is 27.9. The van der Waals surface area contributed by atoms with Crippen LogP contribution < -0.4 is 4.90 Å². The summed E-state index contributed by atoms with van der Waals surface area (Å²) in [7, 11) is 0. The molecule has 1 aliphatic rings. The zero-order valence-corrected chi connectivity index (χ0v) is 14.8. The van der Waals surface area contributed by atoms with Gasteiger partial charge in [-0.05, 0) is 31.0 Å². The summed E-state index contributed by atoms with van der Waals surface area (Å²) in [5.74, 6) is -1.43. The Labute approximate surface area is 153 Å². The van der Waals surface area contributed by atoms with Gasteiger partial charge >= 0.3 is 0 Å². The smallest absolute Gasteiger partial charge is 0.232 e. The Hall–Kier alpha value is -2.41. The average molecular weight is 373 g/mol. The number of benzene rings is 1. The highest BCUT2D eigenvalue weighted by molar-refractivity contribution is 7.22. The number of thiazole rings is 1. The molecule has 0 bridgehead atoms. The first-order valence-electron chi connectivity index (χ1n) is 8.58. The number of carbonyl (C=O) groups excluding carboxylic acids is 1. The topological polar surface area (TPSA) is 46.1 Å². The molecule has 0 saturated heterocycles. The Morgan fingerprint density at radius 2 is 2.04 bits per heavy atom. The van der Waals surface area contributed by atoms with Gasteiger partial charge in [0.15, 0.2) is 10.9 Å². The normalized spacial score (nSPS) is 14.8. The Bertz CT molecular complexity index is 939. The van der Waals surface area contributed by atoms with Gasteiger partial charge in [0.1, 0.15) is 11.3 Å². The highest BCUT2D eigenvalue weighted by atomic mass is 32.1. The van der Waals surface area contributed by atoms with E-state index in [0.29, 0.717) is 9.83 Å². The van der Waals surface area contributed by atoms with E-state index >= 15 is 0 Å². The summed E-state index contributed by atoms with van der Waals surface area (Å²) in [6, 6.07) is 7.56. The van der Waals surface area contributed by atoms with E-state index in [9.17, 15) is 13.6 Å². The van der Waals surface area contributed by atoms with Crippen molar-refractivity contribution in [3.05, 3.63) is 53.9 Å². The number of nitrogens with zero attached hydrogens (tertiary/aromatic N) is 3. The minimum Gasteiger partial charge on any atom is -0.282 e. The van der Waals surface area contributed by atoms with Crippen LogP contribution in [-0.2, 0) is 11.3 Å². The largest absolute Gasteiger partial charge is 0.282 e. The van der Waals surface area contributed by atoms with Gasteiger partial charge in [-0.15, -0.1) is 0 Å². The molecule has 0 atom stereocenters. The van der Waals surface area contributed by atoms with Crippen LogP contribution in [0.25, 0.3) is 10.2 Å². The van der Waals surface area contributed by atoms with E-state index < -0.39 is 11.6 Å². The Kier molecular flexibility index (Phi) is 4.63. The van der Waals surface area contributed by atoms with Gasteiger partial charge in [0.05, 0.1) is 16.9 Å². The average Bonchev–Trinajstić information content (AvgIpc) is 3.29. The monoisotopic (exact) mass is 373 g/mol. The van der Waals surface area contributed by atoms with Gasteiger partial charge in [-0.3, -0.25) is 14.7 Å². The maximum absolute atomic E-state index is 14.0. The maximum atomic E-state index is 14.0. The Morgan fingerprint density at radius 3 is 2.77 bits per heavy atom. The number of halogens is 2. The molecule has 1 aliphatic carbocycles. The minimum absolute atomic E-state index is 0.0203. The van der Waals surface area contributed by atoms with E-state index in [0.717, 1.165) is 48.8 Å². The van der Waals surface area contributed by atoms with Gasteiger partial charge in [-0.1, -0.05) is 30.2 Å². The summed E-state index contributed by atoms with van der Waals surface area (Å²) in [6.07, 6.45) is 5.44. The molecule has 3 aromatic rings. The van der Waals surface area contributed by atoms with Gasteiger partial charge in [0.2, 0.25) is 5.91 Å². The first-order valence-corrected chi connectivity index (χ1v) is 9.40. The maximum Gasteiger partial charge on any atom is 0.232 e. The molecular formula is C19H17F2N3OS. The van der Waals surface area contributed by atoms with Crippen molar-refractivity contribution in [3.8, 4) is 0 Å². The van der Waals surface area contributed by atoms with Crippen LogP contribution in [0.2, 0.25) is 0 Å². The van der Waals surface area contributed by atoms with E-state index in [-0.39, 0.29) is 23.9 Å². The Morgan fingerprint density at radius 1 is 1.23 bits per heavy atom. The van der Waals surface area contributed by atoms with Crippen LogP contribution in [0.5, 0.6) is 0 Å². The quantitative estimate of drug-likeness (QED) is 0.666. The van der Waals surface area contributed by atoms with E-state index in [1.807, 2.05) is 18.2 Å². The minimum atomic E-state index is -0.714. The van der Waals surface area contributed by atoms with Crippen molar-refractivity contribution in [1.29, 1.82) is 0 Å². The highest BCUT2D eigenvalue weighted by Crippen LogP contribution is 2.35. The number of hydrogen-bond acceptors (Lipinski definition) is 4. The van der Waals surface area contributed by atoms with Gasteiger partial charge in [0, 0.05) is 18.2 Å². The van der Waals surface area contributed by atoms with Crippen LogP contribution in [0, 0.1) is 17.6 Å². The highest BCUT2D eigenvalue weighted by Gasteiger charge is 2.30. The van der Waals surface area contributed by atoms with Gasteiger partial charge in [-0.25, -0.2) is 13.8 Å². The molecule has 4 rings (SSSR count). The van der Waals surface area contributed by atoms with Gasteiger partial charge in [0.25, 0.3) is 0 Å². The number of amides is 1. The van der Waals surface area contributed by atoms with Crippen molar-refractivity contribution in [2.24, 2.45) is 5.92 Å². The lowest BCUT2D eigenvalue weighted by Crippen LogP contribution is -2.35. The molecule has 1 aromatic carbocycles. The molecule has 0 spiro atoms. The first kappa shape index (κ1) is 17.0. The third-order valence-electron chi connectivity index (χ3n) is 4.65. The molecule has 0 N–H and O–H groups in total. The van der Waals surface area contributed by atoms with Crippen LogP contribution in [0.3, 0.4) is 0 Å². The molecule has 0 radical (unpaired) electrons. The number of rotatable bonds is 4. The number of anilines is 1. The second-order valence-electron chi connectivity index (χ2n) is 6.46. The fourth-order valence-electron chi connectivity index (χ4n) is 3.35. The molecule has 26 heavy (non-hydrogen) atoms. The Balaban J connectivity index is 1.74. The van der Waals surface area contributed by atoms with Crippen LogP contribution in [0.15, 0.2) is 36.5 Å². The van der Waals surface area contributed by atoms with E-state index in [1.54, 1.807) is 11.1 Å². The van der Waals surface area contributed by atoms with Gasteiger partial charge < -0.3 is 0 Å². The zero-order chi connectivity index (χ0) is 18.1. The standard InChI is InChI=1S/C19H17F2N3OS/c20-13-9-15(21)17-16(10-13)26-19(23-17)24(11-14-7-3-4-8-22-14)18(25)12-5-1-2-6-12/h3-4,7-10,12H,1-2,5-6,11H2. The third kappa shape index (κ3) is 3.31.